The van der Waals surface area contributed by atoms with Gasteiger partial charge in [-0.05, 0) is 31.2 Å². The number of phenols is 1. The van der Waals surface area contributed by atoms with Crippen LogP contribution in [0.15, 0.2) is 35.4 Å². The van der Waals surface area contributed by atoms with Gasteiger partial charge in [0.25, 0.3) is 5.91 Å². The lowest BCUT2D eigenvalue weighted by Gasteiger charge is -2.30. The predicted molar refractivity (Wildman–Crippen MR) is 117 cm³/mol. The third kappa shape index (κ3) is 4.00. The molecular weight excluding hydrogens is 396 g/mol. The lowest BCUT2D eigenvalue weighted by molar-refractivity contribution is 0.00699. The molecule has 0 saturated heterocycles. The zero-order chi connectivity index (χ0) is 22.2. The summed E-state index contributed by atoms with van der Waals surface area (Å²) >= 11 is 0. The van der Waals surface area contributed by atoms with E-state index in [4.69, 9.17) is 4.74 Å². The number of benzene rings is 1. The van der Waals surface area contributed by atoms with Crippen molar-refractivity contribution < 1.29 is 19.4 Å². The first-order chi connectivity index (χ1) is 14.8. The number of aromatic hydroxyl groups is 1. The molecule has 1 aromatic carbocycles. The Bertz CT molecular complexity index is 1100. The van der Waals surface area contributed by atoms with E-state index >= 15 is 0 Å². The monoisotopic (exact) mass is 424 g/mol. The molecule has 2 heterocycles. The number of carbonyl (C=O) groups excluding carboxylic acids is 2. The standard InChI is InChI=1S/C23H28N4O4/c1-4-19(28)21-16-9-17(20(29)10-18(16)25-26-21)22(30)27-12-14-5-6-23(2,11-15(14)13-27)31-8-7-24-3/h5-6,9-10,24,29H,4,7-8,11-13H2,1-3H3,(H,25,26). The van der Waals surface area contributed by atoms with Crippen molar-refractivity contribution >= 4 is 22.6 Å². The molecule has 1 aliphatic heterocycles. The highest BCUT2D eigenvalue weighted by Crippen LogP contribution is 2.36. The smallest absolute Gasteiger partial charge is 0.258 e. The van der Waals surface area contributed by atoms with Crippen LogP contribution in [0.3, 0.4) is 0 Å². The van der Waals surface area contributed by atoms with E-state index in [1.54, 1.807) is 17.9 Å². The second-order valence-electron chi connectivity index (χ2n) is 8.33. The molecule has 8 nitrogen and oxygen atoms in total. The topological polar surface area (TPSA) is 108 Å². The van der Waals surface area contributed by atoms with Gasteiger partial charge in [-0.15, -0.1) is 0 Å². The van der Waals surface area contributed by atoms with E-state index in [1.807, 2.05) is 13.1 Å². The van der Waals surface area contributed by atoms with Crippen LogP contribution >= 0.6 is 0 Å². The predicted octanol–water partition coefficient (Wildman–Crippen LogP) is 2.57. The second kappa shape index (κ2) is 8.28. The third-order valence-electron chi connectivity index (χ3n) is 5.96. The van der Waals surface area contributed by atoms with Gasteiger partial charge >= 0.3 is 0 Å². The van der Waals surface area contributed by atoms with Crippen LogP contribution in [0.4, 0.5) is 0 Å². The SMILES string of the molecule is CCC(=O)c1n[nH]c2cc(O)c(C(=O)N3CC4=C(C3)CC(C)(OCCNC)C=C4)cc12. The lowest BCUT2D eigenvalue weighted by Crippen LogP contribution is -2.32. The molecule has 4 rings (SSSR count). The Morgan fingerprint density at radius 1 is 1.35 bits per heavy atom. The highest BCUT2D eigenvalue weighted by molar-refractivity contribution is 6.09. The zero-order valence-electron chi connectivity index (χ0n) is 18.1. The number of fused-ring (bicyclic) bond motifs is 1. The highest BCUT2D eigenvalue weighted by Gasteiger charge is 2.35. The maximum atomic E-state index is 13.3. The van der Waals surface area contributed by atoms with Gasteiger partial charge in [-0.2, -0.15) is 5.10 Å². The van der Waals surface area contributed by atoms with Crippen molar-refractivity contribution in [3.05, 3.63) is 46.7 Å². The van der Waals surface area contributed by atoms with Gasteiger partial charge < -0.3 is 20.1 Å². The van der Waals surface area contributed by atoms with Crippen molar-refractivity contribution in [3.8, 4) is 5.75 Å². The van der Waals surface area contributed by atoms with Crippen LogP contribution in [0.2, 0.25) is 0 Å². The van der Waals surface area contributed by atoms with Gasteiger partial charge in [-0.3, -0.25) is 14.7 Å². The van der Waals surface area contributed by atoms with Crippen molar-refractivity contribution in [2.24, 2.45) is 0 Å². The van der Waals surface area contributed by atoms with Crippen LogP contribution < -0.4 is 5.32 Å². The number of carbonyl (C=O) groups is 2. The molecule has 0 fully saturated rings. The number of nitrogens with one attached hydrogen (secondary N) is 2. The van der Waals surface area contributed by atoms with Gasteiger partial charge in [0.05, 0.1) is 23.3 Å². The summed E-state index contributed by atoms with van der Waals surface area (Å²) in [5.41, 5.74) is 2.91. The summed E-state index contributed by atoms with van der Waals surface area (Å²) in [5.74, 6) is -0.510. The van der Waals surface area contributed by atoms with E-state index in [2.05, 4.69) is 28.5 Å². The van der Waals surface area contributed by atoms with E-state index in [9.17, 15) is 14.7 Å². The summed E-state index contributed by atoms with van der Waals surface area (Å²) in [4.78, 5) is 27.1. The molecular formula is C23H28N4O4. The number of aromatic nitrogens is 2. The number of Topliss-reactive ketones (excluding diaryl/α,β-unsaturated/α-hetero) is 1. The summed E-state index contributed by atoms with van der Waals surface area (Å²) in [5, 5.41) is 20.9. The molecule has 1 atom stereocenters. The van der Waals surface area contributed by atoms with Crippen LogP contribution in [0.25, 0.3) is 10.9 Å². The summed E-state index contributed by atoms with van der Waals surface area (Å²) in [6.45, 7) is 6.18. The number of likely N-dealkylation sites (N-methyl/N-ethyl adjacent to an activating group) is 1. The van der Waals surface area contributed by atoms with Gasteiger partial charge in [0, 0.05) is 43.9 Å². The molecule has 31 heavy (non-hydrogen) atoms. The molecule has 1 amide bonds. The third-order valence-corrected chi connectivity index (χ3v) is 5.96. The Labute approximate surface area is 180 Å². The Morgan fingerprint density at radius 2 is 2.16 bits per heavy atom. The normalized spacial score (nSPS) is 20.5. The Hall–Kier alpha value is -2.97. The number of H-pyrrole nitrogens is 1. The fraction of sp³-hybridized carbons (Fsp3) is 0.435. The minimum absolute atomic E-state index is 0.115. The van der Waals surface area contributed by atoms with E-state index in [0.29, 0.717) is 42.7 Å². The fourth-order valence-electron chi connectivity index (χ4n) is 4.21. The Morgan fingerprint density at radius 3 is 2.90 bits per heavy atom. The summed E-state index contributed by atoms with van der Waals surface area (Å²) in [7, 11) is 1.89. The van der Waals surface area contributed by atoms with Gasteiger partial charge in [0.2, 0.25) is 0 Å². The molecule has 0 spiro atoms. The molecule has 8 heteroatoms. The number of rotatable bonds is 7. The van der Waals surface area contributed by atoms with E-state index in [-0.39, 0.29) is 28.6 Å². The number of ketones is 1. The van der Waals surface area contributed by atoms with Crippen molar-refractivity contribution in [3.63, 3.8) is 0 Å². The summed E-state index contributed by atoms with van der Waals surface area (Å²) in [6.07, 6.45) is 5.15. The molecule has 3 N–H and O–H groups in total. The average molecular weight is 425 g/mol. The molecule has 2 aliphatic rings. The minimum atomic E-state index is -0.387. The largest absolute Gasteiger partial charge is 0.507 e. The van der Waals surface area contributed by atoms with Crippen LogP contribution in [-0.2, 0) is 4.74 Å². The van der Waals surface area contributed by atoms with Gasteiger partial charge in [-0.25, -0.2) is 0 Å². The van der Waals surface area contributed by atoms with Crippen molar-refractivity contribution in [2.75, 3.05) is 33.3 Å². The first-order valence-corrected chi connectivity index (χ1v) is 10.6. The average Bonchev–Trinajstić information content (AvgIpc) is 3.35. The molecule has 0 radical (unpaired) electrons. The van der Waals surface area contributed by atoms with E-state index in [0.717, 1.165) is 18.5 Å². The van der Waals surface area contributed by atoms with E-state index in [1.165, 1.54) is 11.6 Å². The Balaban J connectivity index is 1.53. The van der Waals surface area contributed by atoms with Crippen LogP contribution in [0.5, 0.6) is 5.75 Å². The van der Waals surface area contributed by atoms with Crippen LogP contribution in [-0.4, -0.2) is 70.8 Å². The maximum Gasteiger partial charge on any atom is 0.258 e. The number of amides is 1. The second-order valence-corrected chi connectivity index (χ2v) is 8.33. The quantitative estimate of drug-likeness (QED) is 0.466. The fourth-order valence-corrected chi connectivity index (χ4v) is 4.21. The lowest BCUT2D eigenvalue weighted by atomic mass is 9.88. The number of phenolic OH excluding ortho intramolecular Hbond substituents is 1. The molecule has 164 valence electrons. The van der Waals surface area contributed by atoms with Gasteiger partial charge in [0.1, 0.15) is 11.4 Å². The first-order valence-electron chi connectivity index (χ1n) is 10.6. The van der Waals surface area contributed by atoms with Gasteiger partial charge in [-0.1, -0.05) is 19.1 Å². The van der Waals surface area contributed by atoms with Crippen molar-refractivity contribution in [1.82, 2.24) is 20.4 Å². The molecule has 1 unspecified atom stereocenters. The van der Waals surface area contributed by atoms with Crippen LogP contribution in [0.1, 0.15) is 47.5 Å². The summed E-state index contributed by atoms with van der Waals surface area (Å²) < 4.78 is 6.03. The number of hydrogen-bond acceptors (Lipinski definition) is 6. The number of ether oxygens (including phenoxy) is 1. The molecule has 2 aromatic rings. The molecule has 0 saturated carbocycles. The van der Waals surface area contributed by atoms with E-state index < -0.39 is 0 Å². The highest BCUT2D eigenvalue weighted by atomic mass is 16.5. The number of nitrogens with zero attached hydrogens (tertiary/aromatic N) is 2. The Kier molecular flexibility index (Phi) is 5.68. The van der Waals surface area contributed by atoms with Crippen molar-refractivity contribution in [1.29, 1.82) is 0 Å². The molecule has 1 aromatic heterocycles. The van der Waals surface area contributed by atoms with Gasteiger partial charge in [0.15, 0.2) is 5.78 Å². The number of hydrogen-bond donors (Lipinski definition) is 3. The summed E-state index contributed by atoms with van der Waals surface area (Å²) in [6, 6.07) is 3.02. The molecule has 1 aliphatic carbocycles. The minimum Gasteiger partial charge on any atom is -0.507 e. The molecule has 0 bridgehead atoms. The number of aromatic amines is 1. The zero-order valence-corrected chi connectivity index (χ0v) is 18.1. The first kappa shape index (κ1) is 21.3. The van der Waals surface area contributed by atoms with Crippen molar-refractivity contribution in [2.45, 2.75) is 32.3 Å². The maximum absolute atomic E-state index is 13.3. The van der Waals surface area contributed by atoms with Crippen LogP contribution in [0, 0.1) is 0 Å².